The molecule has 2 atom stereocenters. The second-order valence-corrected chi connectivity index (χ2v) is 9.12. The molecule has 0 radical (unpaired) electrons. The number of aliphatic hydroxyl groups is 1. The molecule has 0 aromatic heterocycles. The van der Waals surface area contributed by atoms with E-state index in [1.807, 2.05) is 25.2 Å². The van der Waals surface area contributed by atoms with Gasteiger partial charge >= 0.3 is 0 Å². The zero-order chi connectivity index (χ0) is 22.4. The minimum Gasteiger partial charge on any atom is -0.491 e. The van der Waals surface area contributed by atoms with Crippen molar-refractivity contribution in [3.05, 3.63) is 29.8 Å². The van der Waals surface area contributed by atoms with E-state index in [4.69, 9.17) is 10.5 Å². The molecule has 2 heterocycles. The summed E-state index contributed by atoms with van der Waals surface area (Å²) in [5, 5.41) is 9.66. The highest BCUT2D eigenvalue weighted by atomic mass is 16.5. The number of likely N-dealkylation sites (N-methyl/N-ethyl adjacent to an activating group) is 1. The van der Waals surface area contributed by atoms with Crippen LogP contribution in [0.2, 0.25) is 0 Å². The molecule has 172 valence electrons. The number of rotatable bonds is 2. The van der Waals surface area contributed by atoms with E-state index in [0.29, 0.717) is 39.1 Å². The fourth-order valence-electron chi connectivity index (χ4n) is 4.75. The molecule has 7 heteroatoms. The van der Waals surface area contributed by atoms with E-state index in [1.54, 1.807) is 9.80 Å². The van der Waals surface area contributed by atoms with Gasteiger partial charge in [0.25, 0.3) is 0 Å². The van der Waals surface area contributed by atoms with Crippen LogP contribution in [0.15, 0.2) is 24.3 Å². The summed E-state index contributed by atoms with van der Waals surface area (Å²) in [6.45, 7) is 3.53. The second kappa shape index (κ2) is 10.5. The molecule has 1 spiro atoms. The number of amides is 2. The fourth-order valence-corrected chi connectivity index (χ4v) is 4.75. The average Bonchev–Trinajstić information content (AvgIpc) is 2.78. The molecule has 1 saturated heterocycles. The Labute approximate surface area is 185 Å². The highest BCUT2D eigenvalue weighted by Gasteiger charge is 2.43. The molecule has 1 fully saturated rings. The molecule has 7 nitrogen and oxygen atoms in total. The predicted molar refractivity (Wildman–Crippen MR) is 120 cm³/mol. The molecular weight excluding hydrogens is 394 g/mol. The van der Waals surface area contributed by atoms with Gasteiger partial charge < -0.3 is 25.4 Å². The summed E-state index contributed by atoms with van der Waals surface area (Å²) in [7, 11) is 1.85. The number of hydrogen-bond donors (Lipinski definition) is 2. The van der Waals surface area contributed by atoms with Crippen molar-refractivity contribution >= 4 is 11.8 Å². The number of carbonyl (C=O) groups excluding carboxylic acids is 2. The van der Waals surface area contributed by atoms with E-state index in [-0.39, 0.29) is 11.8 Å². The van der Waals surface area contributed by atoms with Crippen LogP contribution in [0.5, 0.6) is 5.75 Å². The summed E-state index contributed by atoms with van der Waals surface area (Å²) in [6, 6.07) is 7.24. The Kier molecular flexibility index (Phi) is 7.94. The van der Waals surface area contributed by atoms with Crippen LogP contribution in [0.25, 0.3) is 0 Å². The summed E-state index contributed by atoms with van der Waals surface area (Å²) >= 11 is 0. The van der Waals surface area contributed by atoms with Gasteiger partial charge in [0, 0.05) is 20.1 Å². The molecule has 1 aromatic rings. The van der Waals surface area contributed by atoms with Crippen LogP contribution in [0.4, 0.5) is 0 Å². The molecule has 3 rings (SSSR count). The van der Waals surface area contributed by atoms with Crippen molar-refractivity contribution in [1.29, 1.82) is 0 Å². The number of nitrogens with zero attached hydrogens (tertiary/aromatic N) is 2. The number of aliphatic hydroxyl groups excluding tert-OH is 1. The lowest BCUT2D eigenvalue weighted by Gasteiger charge is -2.43. The number of piperidine rings is 1. The zero-order valence-corrected chi connectivity index (χ0v) is 18.9. The third-order valence-electron chi connectivity index (χ3n) is 6.90. The first-order valence-electron chi connectivity index (χ1n) is 11.5. The first-order valence-corrected chi connectivity index (χ1v) is 11.5. The summed E-state index contributed by atoms with van der Waals surface area (Å²) in [5.74, 6) is 0.829. The van der Waals surface area contributed by atoms with Crippen LogP contribution < -0.4 is 10.5 Å². The monoisotopic (exact) mass is 431 g/mol. The largest absolute Gasteiger partial charge is 0.491 e. The number of hydrogen-bond acceptors (Lipinski definition) is 5. The van der Waals surface area contributed by atoms with Crippen molar-refractivity contribution < 1.29 is 19.4 Å². The number of benzene rings is 1. The van der Waals surface area contributed by atoms with E-state index in [0.717, 1.165) is 37.9 Å². The summed E-state index contributed by atoms with van der Waals surface area (Å²) < 4.78 is 6.01. The summed E-state index contributed by atoms with van der Waals surface area (Å²) in [4.78, 5) is 29.5. The highest BCUT2D eigenvalue weighted by molar-refractivity contribution is 5.85. The van der Waals surface area contributed by atoms with Crippen LogP contribution >= 0.6 is 0 Å². The van der Waals surface area contributed by atoms with Crippen molar-refractivity contribution in [2.24, 2.45) is 11.1 Å². The van der Waals surface area contributed by atoms with Crippen LogP contribution in [-0.4, -0.2) is 72.2 Å². The maximum atomic E-state index is 13.5. The Balaban J connectivity index is 1.69. The van der Waals surface area contributed by atoms with E-state index >= 15 is 0 Å². The third kappa shape index (κ3) is 5.57. The zero-order valence-electron chi connectivity index (χ0n) is 18.9. The maximum absolute atomic E-state index is 13.5. The lowest BCUT2D eigenvalue weighted by Crippen LogP contribution is -2.55. The van der Waals surface area contributed by atoms with E-state index in [2.05, 4.69) is 6.07 Å². The van der Waals surface area contributed by atoms with Crippen molar-refractivity contribution in [3.63, 3.8) is 0 Å². The SMILES string of the molecule is C[C@@H](O)[C@H](N)C(=O)N1CCC2(CCCCCc3ccccc3OCCN(C)C2=O)CC1. The lowest BCUT2D eigenvalue weighted by molar-refractivity contribution is -0.149. The quantitative estimate of drug-likeness (QED) is 0.746. The number of carbonyl (C=O) groups is 2. The van der Waals surface area contributed by atoms with Gasteiger partial charge in [-0.05, 0) is 50.7 Å². The summed E-state index contributed by atoms with van der Waals surface area (Å²) in [6.07, 6.45) is 5.31. The molecule has 31 heavy (non-hydrogen) atoms. The molecule has 0 unspecified atom stereocenters. The third-order valence-corrected chi connectivity index (χ3v) is 6.90. The van der Waals surface area contributed by atoms with Gasteiger partial charge in [-0.3, -0.25) is 9.59 Å². The first-order chi connectivity index (χ1) is 14.8. The van der Waals surface area contributed by atoms with Crippen LogP contribution in [0.3, 0.4) is 0 Å². The Morgan fingerprint density at radius 3 is 2.55 bits per heavy atom. The Hall–Kier alpha value is -2.12. The molecule has 3 N–H and O–H groups in total. The van der Waals surface area contributed by atoms with Crippen molar-refractivity contribution in [3.8, 4) is 5.75 Å². The van der Waals surface area contributed by atoms with Gasteiger partial charge in [-0.15, -0.1) is 0 Å². The van der Waals surface area contributed by atoms with Gasteiger partial charge in [0.05, 0.1) is 18.1 Å². The molecule has 2 amide bonds. The van der Waals surface area contributed by atoms with Gasteiger partial charge in [0.15, 0.2) is 0 Å². The minimum atomic E-state index is -0.911. The Morgan fingerprint density at radius 1 is 1.13 bits per heavy atom. The topological polar surface area (TPSA) is 96.1 Å². The summed E-state index contributed by atoms with van der Waals surface area (Å²) in [5.41, 5.74) is 6.63. The van der Waals surface area contributed by atoms with Crippen LogP contribution in [0, 0.1) is 5.41 Å². The maximum Gasteiger partial charge on any atom is 0.242 e. The Bertz CT molecular complexity index is 759. The average molecular weight is 432 g/mol. The normalized spacial score (nSPS) is 22.4. The lowest BCUT2D eigenvalue weighted by atomic mass is 9.73. The second-order valence-electron chi connectivity index (χ2n) is 9.12. The molecule has 2 aliphatic heterocycles. The highest BCUT2D eigenvalue weighted by Crippen LogP contribution is 2.39. The molecule has 0 aliphatic carbocycles. The van der Waals surface area contributed by atoms with Gasteiger partial charge in [0.1, 0.15) is 18.4 Å². The van der Waals surface area contributed by atoms with Crippen molar-refractivity contribution in [1.82, 2.24) is 9.80 Å². The molecule has 2 aliphatic rings. The van der Waals surface area contributed by atoms with E-state index in [9.17, 15) is 14.7 Å². The number of para-hydroxylation sites is 1. The predicted octanol–water partition coefficient (Wildman–Crippen LogP) is 1.96. The standard InChI is InChI=1S/C24H37N3O4/c1-18(28)21(25)22(29)27-14-12-24(13-15-27)11-7-3-4-8-19-9-5-6-10-20(19)31-17-16-26(2)23(24)30/h5-6,9-10,18,21,28H,3-4,7-8,11-17,25H2,1-2H3/t18-,21+/m1/s1. The van der Waals surface area contributed by atoms with Crippen LogP contribution in [0.1, 0.15) is 51.0 Å². The molecule has 0 saturated carbocycles. The number of ether oxygens (including phenoxy) is 1. The fraction of sp³-hybridized carbons (Fsp3) is 0.667. The number of likely N-dealkylation sites (tertiary alicyclic amines) is 1. The van der Waals surface area contributed by atoms with Gasteiger partial charge in [-0.2, -0.15) is 0 Å². The van der Waals surface area contributed by atoms with E-state index in [1.165, 1.54) is 12.5 Å². The molecule has 1 aromatic carbocycles. The Morgan fingerprint density at radius 2 is 1.84 bits per heavy atom. The number of nitrogens with two attached hydrogens (primary N) is 1. The van der Waals surface area contributed by atoms with E-state index < -0.39 is 17.6 Å². The van der Waals surface area contributed by atoms with Crippen molar-refractivity contribution in [2.45, 2.75) is 64.0 Å². The van der Waals surface area contributed by atoms with Crippen molar-refractivity contribution in [2.75, 3.05) is 33.3 Å². The van der Waals surface area contributed by atoms with Crippen LogP contribution in [-0.2, 0) is 16.0 Å². The van der Waals surface area contributed by atoms with Gasteiger partial charge in [-0.25, -0.2) is 0 Å². The number of aryl methyl sites for hydroxylation is 1. The minimum absolute atomic E-state index is 0.149. The smallest absolute Gasteiger partial charge is 0.242 e. The number of fused-ring (bicyclic) bond motifs is 1. The van der Waals surface area contributed by atoms with Gasteiger partial charge in [-0.1, -0.05) is 31.0 Å². The molecule has 0 bridgehead atoms. The first kappa shape index (κ1) is 23.5. The molecular formula is C24H37N3O4. The van der Waals surface area contributed by atoms with Gasteiger partial charge in [0.2, 0.25) is 11.8 Å².